The molecule has 6 unspecified atom stereocenters. The van der Waals surface area contributed by atoms with E-state index >= 15 is 0 Å². The number of likely N-dealkylation sites (N-methyl/N-ethyl adjacent to an activating group) is 3. The minimum Gasteiger partial charge on any atom is -0.451 e. The van der Waals surface area contributed by atoms with Crippen LogP contribution in [0.1, 0.15) is 89.5 Å². The quantitative estimate of drug-likeness (QED) is 0.298. The lowest BCUT2D eigenvalue weighted by Gasteiger charge is -2.38. The van der Waals surface area contributed by atoms with E-state index in [1.807, 2.05) is 13.8 Å². The molecule has 0 saturated carbocycles. The lowest BCUT2D eigenvalue weighted by molar-refractivity contribution is -0.181. The van der Waals surface area contributed by atoms with Gasteiger partial charge < -0.3 is 28.9 Å². The molecule has 1 fully saturated rings. The second-order valence-electron chi connectivity index (χ2n) is 14.7. The molecule has 0 aliphatic carbocycles. The lowest BCUT2D eigenvalue weighted by atomic mass is 9.97. The van der Waals surface area contributed by atoms with Crippen LogP contribution in [-0.2, 0) is 43.0 Å². The summed E-state index contributed by atoms with van der Waals surface area (Å²) in [7, 11) is 4.32. The molecule has 1 aliphatic heterocycles. The van der Waals surface area contributed by atoms with Gasteiger partial charge in [0.05, 0.1) is 0 Å². The first-order valence-electron chi connectivity index (χ1n) is 16.5. The first-order valence-corrected chi connectivity index (χ1v) is 16.5. The van der Waals surface area contributed by atoms with E-state index in [0.29, 0.717) is 0 Å². The Morgan fingerprint density at radius 3 is 1.00 bits per heavy atom. The van der Waals surface area contributed by atoms with Gasteiger partial charge in [-0.2, -0.15) is 0 Å². The largest absolute Gasteiger partial charge is 0.451 e. The second kappa shape index (κ2) is 17.1. The molecule has 1 saturated heterocycles. The Bertz CT molecular complexity index is 1090. The summed E-state index contributed by atoms with van der Waals surface area (Å²) in [5, 5.41) is 0. The molecule has 6 atom stereocenters. The SMILES string of the molecule is CC(C)CC1OC(=O)C(C(C)C)N(C)C(=O)C(C(C)C)OC(=O)C(C(C)C)N(C)C(=O)C(C(C)C)OC(=O)C(C(C)C)N(C)C1=O. The van der Waals surface area contributed by atoms with Crippen LogP contribution in [0.15, 0.2) is 0 Å². The van der Waals surface area contributed by atoms with Crippen molar-refractivity contribution in [3.8, 4) is 0 Å². The summed E-state index contributed by atoms with van der Waals surface area (Å²) in [6.07, 6.45) is -3.65. The Kier molecular flexibility index (Phi) is 15.2. The molecular formula is C34H59N3O9. The Hall–Kier alpha value is -3.18. The molecule has 1 heterocycles. The van der Waals surface area contributed by atoms with E-state index in [2.05, 4.69) is 0 Å². The van der Waals surface area contributed by atoms with Gasteiger partial charge in [0.2, 0.25) is 0 Å². The van der Waals surface area contributed by atoms with Gasteiger partial charge in [-0.15, -0.1) is 0 Å². The third-order valence-corrected chi connectivity index (χ3v) is 8.32. The van der Waals surface area contributed by atoms with Gasteiger partial charge >= 0.3 is 17.9 Å². The van der Waals surface area contributed by atoms with Crippen molar-refractivity contribution in [3.05, 3.63) is 0 Å². The van der Waals surface area contributed by atoms with Crippen LogP contribution in [0.3, 0.4) is 0 Å². The van der Waals surface area contributed by atoms with Crippen LogP contribution in [0.2, 0.25) is 0 Å². The van der Waals surface area contributed by atoms with Crippen molar-refractivity contribution >= 4 is 35.6 Å². The first kappa shape index (κ1) is 40.8. The van der Waals surface area contributed by atoms with Gasteiger partial charge in [-0.1, -0.05) is 83.1 Å². The molecular weight excluding hydrogens is 594 g/mol. The highest BCUT2D eigenvalue weighted by Crippen LogP contribution is 2.25. The zero-order valence-electron chi connectivity index (χ0n) is 30.7. The number of nitrogens with zero attached hydrogens (tertiary/aromatic N) is 3. The predicted molar refractivity (Wildman–Crippen MR) is 173 cm³/mol. The molecule has 1 rings (SSSR count). The van der Waals surface area contributed by atoms with Gasteiger partial charge in [0.1, 0.15) is 18.1 Å². The smallest absolute Gasteiger partial charge is 0.329 e. The summed E-state index contributed by atoms with van der Waals surface area (Å²) in [6, 6.07) is -3.33. The Morgan fingerprint density at radius 1 is 0.457 bits per heavy atom. The molecule has 1 aliphatic rings. The number of hydrogen-bond acceptors (Lipinski definition) is 9. The average Bonchev–Trinajstić information content (AvgIpc) is 2.91. The molecule has 3 amide bonds. The Morgan fingerprint density at radius 2 is 0.739 bits per heavy atom. The van der Waals surface area contributed by atoms with Crippen molar-refractivity contribution < 1.29 is 43.0 Å². The first-order chi connectivity index (χ1) is 21.1. The summed E-state index contributed by atoms with van der Waals surface area (Å²) in [5.74, 6) is -6.54. The fraction of sp³-hybridized carbons (Fsp3) is 0.824. The molecule has 0 aromatic heterocycles. The number of ether oxygens (including phenoxy) is 3. The molecule has 0 radical (unpaired) electrons. The van der Waals surface area contributed by atoms with Gasteiger partial charge in [0.15, 0.2) is 18.3 Å². The van der Waals surface area contributed by atoms with E-state index < -0.39 is 102 Å². The summed E-state index contributed by atoms with van der Waals surface area (Å²) >= 11 is 0. The molecule has 0 aromatic carbocycles. The van der Waals surface area contributed by atoms with Crippen LogP contribution in [0.25, 0.3) is 0 Å². The number of carbonyl (C=O) groups is 6. The summed E-state index contributed by atoms with van der Waals surface area (Å²) < 4.78 is 17.5. The monoisotopic (exact) mass is 653 g/mol. The molecule has 0 spiro atoms. The molecule has 0 bridgehead atoms. The van der Waals surface area contributed by atoms with Crippen molar-refractivity contribution in [2.45, 2.75) is 126 Å². The Labute approximate surface area is 275 Å². The van der Waals surface area contributed by atoms with Crippen molar-refractivity contribution in [3.63, 3.8) is 0 Å². The van der Waals surface area contributed by atoms with Gasteiger partial charge in [0.25, 0.3) is 17.7 Å². The summed E-state index contributed by atoms with van der Waals surface area (Å²) in [5.41, 5.74) is 0. The fourth-order valence-electron chi connectivity index (χ4n) is 5.84. The number of rotatable bonds is 7. The zero-order chi connectivity index (χ0) is 36.0. The van der Waals surface area contributed by atoms with E-state index in [1.165, 1.54) is 35.8 Å². The summed E-state index contributed by atoms with van der Waals surface area (Å²) in [4.78, 5) is 86.6. The third-order valence-electron chi connectivity index (χ3n) is 8.32. The molecule has 0 N–H and O–H groups in total. The van der Waals surface area contributed by atoms with E-state index in [1.54, 1.807) is 69.2 Å². The molecule has 0 aromatic rings. The van der Waals surface area contributed by atoms with Crippen LogP contribution in [0.5, 0.6) is 0 Å². The minimum absolute atomic E-state index is 0.0635. The Balaban J connectivity index is 3.94. The fourth-order valence-corrected chi connectivity index (χ4v) is 5.84. The normalized spacial score (nSPS) is 27.2. The zero-order valence-corrected chi connectivity index (χ0v) is 30.7. The minimum atomic E-state index is -1.28. The topological polar surface area (TPSA) is 140 Å². The van der Waals surface area contributed by atoms with Crippen molar-refractivity contribution in [2.24, 2.45) is 35.5 Å². The maximum Gasteiger partial charge on any atom is 0.329 e. The highest BCUT2D eigenvalue weighted by molar-refractivity contribution is 5.94. The number of carbonyl (C=O) groups excluding carboxylic acids is 6. The summed E-state index contributed by atoms with van der Waals surface area (Å²) in [6.45, 7) is 21.1. The highest BCUT2D eigenvalue weighted by atomic mass is 16.6. The van der Waals surface area contributed by atoms with Crippen molar-refractivity contribution in [1.82, 2.24) is 14.7 Å². The van der Waals surface area contributed by atoms with E-state index in [-0.39, 0.29) is 12.3 Å². The maximum atomic E-state index is 14.0. The number of esters is 3. The van der Waals surface area contributed by atoms with Gasteiger partial charge in [-0.25, -0.2) is 14.4 Å². The van der Waals surface area contributed by atoms with Crippen LogP contribution in [0.4, 0.5) is 0 Å². The molecule has 12 nitrogen and oxygen atoms in total. The maximum absolute atomic E-state index is 14.0. The van der Waals surface area contributed by atoms with E-state index in [0.717, 1.165) is 0 Å². The van der Waals surface area contributed by atoms with Crippen LogP contribution in [0, 0.1) is 35.5 Å². The van der Waals surface area contributed by atoms with E-state index in [9.17, 15) is 28.8 Å². The average molecular weight is 654 g/mol. The van der Waals surface area contributed by atoms with Crippen molar-refractivity contribution in [1.29, 1.82) is 0 Å². The van der Waals surface area contributed by atoms with Crippen LogP contribution < -0.4 is 0 Å². The molecule has 46 heavy (non-hydrogen) atoms. The lowest BCUT2D eigenvalue weighted by Crippen LogP contribution is -2.57. The number of cyclic esters (lactones) is 3. The molecule has 12 heteroatoms. The van der Waals surface area contributed by atoms with Crippen LogP contribution >= 0.6 is 0 Å². The molecule has 264 valence electrons. The third kappa shape index (κ3) is 9.91. The standard InChI is InChI=1S/C34H59N3O9/c1-17(2)16-23-29(38)35(13)25(19(5)6)33(42)45-28(22(11)12)31(40)37(15)26(20(7)8)34(43)46-27(21(9)10)30(39)36(14)24(18(3)4)32(41)44-23/h17-28H,16H2,1-15H3. The number of amides is 3. The number of hydrogen-bond donors (Lipinski definition) is 0. The highest BCUT2D eigenvalue weighted by Gasteiger charge is 2.44. The van der Waals surface area contributed by atoms with Gasteiger partial charge in [0, 0.05) is 21.1 Å². The van der Waals surface area contributed by atoms with Gasteiger partial charge in [-0.3, -0.25) is 14.4 Å². The second-order valence-corrected chi connectivity index (χ2v) is 14.7. The van der Waals surface area contributed by atoms with Gasteiger partial charge in [-0.05, 0) is 41.9 Å². The van der Waals surface area contributed by atoms with E-state index in [4.69, 9.17) is 14.2 Å². The van der Waals surface area contributed by atoms with Crippen LogP contribution in [-0.4, -0.2) is 108 Å². The predicted octanol–water partition coefficient (Wildman–Crippen LogP) is 3.54. The van der Waals surface area contributed by atoms with Crippen molar-refractivity contribution in [2.75, 3.05) is 21.1 Å².